The van der Waals surface area contributed by atoms with Crippen LogP contribution in [0.2, 0.25) is 0 Å². The Balaban J connectivity index is 1.87. The van der Waals surface area contributed by atoms with Gasteiger partial charge < -0.3 is 5.32 Å². The van der Waals surface area contributed by atoms with Crippen LogP contribution in [0.1, 0.15) is 5.01 Å². The van der Waals surface area contributed by atoms with Crippen LogP contribution in [0.5, 0.6) is 0 Å². The molecule has 0 radical (unpaired) electrons. The first-order chi connectivity index (χ1) is 8.49. The molecule has 1 N–H and O–H groups in total. The number of aromatic nitrogens is 2. The number of anilines is 1. The third kappa shape index (κ3) is 3.37. The Kier molecular flexibility index (Phi) is 4.15. The molecule has 0 amide bonds. The first-order valence-electron chi connectivity index (χ1n) is 5.66. The lowest BCUT2D eigenvalue weighted by atomic mass is 10.3. The van der Waals surface area contributed by atoms with Crippen molar-refractivity contribution in [2.75, 3.05) is 44.8 Å². The molecule has 2 rings (SSSR count). The van der Waals surface area contributed by atoms with Gasteiger partial charge in [0.05, 0.1) is 12.8 Å². The van der Waals surface area contributed by atoms with Gasteiger partial charge in [-0.15, -0.1) is 10.2 Å². The minimum absolute atomic E-state index is 0.552. The van der Waals surface area contributed by atoms with Gasteiger partial charge in [-0.05, 0) is 0 Å². The quantitative estimate of drug-likeness (QED) is 0.817. The van der Waals surface area contributed by atoms with Crippen molar-refractivity contribution < 1.29 is 8.42 Å². The molecule has 2 heterocycles. The number of nitrogens with zero attached hydrogens (tertiary/aromatic N) is 4. The Bertz CT molecular complexity index is 493. The summed E-state index contributed by atoms with van der Waals surface area (Å²) in [5, 5.41) is 12.8. The van der Waals surface area contributed by atoms with Crippen LogP contribution in [0.4, 0.5) is 5.13 Å². The van der Waals surface area contributed by atoms with Gasteiger partial charge in [-0.2, -0.15) is 4.31 Å². The summed E-state index contributed by atoms with van der Waals surface area (Å²) in [6.45, 7) is 3.31. The zero-order valence-electron chi connectivity index (χ0n) is 10.5. The standard InChI is InChI=1S/C9H17N5O2S2/c1-10-9-12-11-8(17-9)7-13-3-5-14(6-4-13)18(2,15)16/h3-7H2,1-2H3,(H,10,12). The minimum atomic E-state index is -3.05. The fourth-order valence-corrected chi connectivity index (χ4v) is 3.39. The molecule has 0 bridgehead atoms. The van der Waals surface area contributed by atoms with Crippen molar-refractivity contribution in [3.63, 3.8) is 0 Å². The Morgan fingerprint density at radius 2 is 1.94 bits per heavy atom. The predicted octanol–water partition coefficient (Wildman–Crippen LogP) is -0.343. The number of piperazine rings is 1. The molecule has 102 valence electrons. The molecule has 0 saturated carbocycles. The van der Waals surface area contributed by atoms with Gasteiger partial charge in [-0.25, -0.2) is 8.42 Å². The summed E-state index contributed by atoms with van der Waals surface area (Å²) in [5.74, 6) is 0. The van der Waals surface area contributed by atoms with Crippen LogP contribution < -0.4 is 5.32 Å². The van der Waals surface area contributed by atoms with Crippen LogP contribution in [0.25, 0.3) is 0 Å². The molecule has 1 fully saturated rings. The average molecular weight is 291 g/mol. The monoisotopic (exact) mass is 291 g/mol. The lowest BCUT2D eigenvalue weighted by molar-refractivity contribution is 0.181. The van der Waals surface area contributed by atoms with Gasteiger partial charge >= 0.3 is 0 Å². The van der Waals surface area contributed by atoms with Gasteiger partial charge in [0.25, 0.3) is 0 Å². The van der Waals surface area contributed by atoms with Crippen LogP contribution in [0.3, 0.4) is 0 Å². The van der Waals surface area contributed by atoms with E-state index < -0.39 is 10.0 Å². The van der Waals surface area contributed by atoms with Crippen molar-refractivity contribution in [2.24, 2.45) is 0 Å². The highest BCUT2D eigenvalue weighted by Gasteiger charge is 2.23. The Labute approximate surface area is 111 Å². The van der Waals surface area contributed by atoms with E-state index in [4.69, 9.17) is 0 Å². The summed E-state index contributed by atoms with van der Waals surface area (Å²) in [4.78, 5) is 2.20. The molecule has 1 aliphatic heterocycles. The van der Waals surface area contributed by atoms with Crippen molar-refractivity contribution in [2.45, 2.75) is 6.54 Å². The number of hydrogen-bond donors (Lipinski definition) is 1. The zero-order chi connectivity index (χ0) is 13.2. The maximum Gasteiger partial charge on any atom is 0.211 e. The molecule has 18 heavy (non-hydrogen) atoms. The summed E-state index contributed by atoms with van der Waals surface area (Å²) < 4.78 is 24.3. The van der Waals surface area contributed by atoms with Crippen molar-refractivity contribution in [3.8, 4) is 0 Å². The zero-order valence-corrected chi connectivity index (χ0v) is 12.1. The van der Waals surface area contributed by atoms with E-state index >= 15 is 0 Å². The highest BCUT2D eigenvalue weighted by molar-refractivity contribution is 7.88. The van der Waals surface area contributed by atoms with Gasteiger partial charge in [0.1, 0.15) is 5.01 Å². The smallest absolute Gasteiger partial charge is 0.211 e. The maximum atomic E-state index is 11.4. The molecule has 0 aliphatic carbocycles. The van der Waals surface area contributed by atoms with Gasteiger partial charge in [-0.1, -0.05) is 11.3 Å². The van der Waals surface area contributed by atoms with Crippen molar-refractivity contribution in [1.82, 2.24) is 19.4 Å². The van der Waals surface area contributed by atoms with E-state index in [1.54, 1.807) is 0 Å². The second kappa shape index (κ2) is 5.47. The minimum Gasteiger partial charge on any atom is -0.363 e. The van der Waals surface area contributed by atoms with E-state index in [0.717, 1.165) is 29.8 Å². The average Bonchev–Trinajstić information content (AvgIpc) is 2.76. The predicted molar refractivity (Wildman–Crippen MR) is 71.1 cm³/mol. The topological polar surface area (TPSA) is 78.4 Å². The highest BCUT2D eigenvalue weighted by Crippen LogP contribution is 2.17. The first kappa shape index (κ1) is 13.7. The number of hydrogen-bond acceptors (Lipinski definition) is 7. The number of rotatable bonds is 4. The third-order valence-electron chi connectivity index (χ3n) is 2.84. The van der Waals surface area contributed by atoms with Crippen molar-refractivity contribution in [3.05, 3.63) is 5.01 Å². The van der Waals surface area contributed by atoms with Gasteiger partial charge in [0, 0.05) is 33.2 Å². The molecular weight excluding hydrogens is 274 g/mol. The van der Waals surface area contributed by atoms with Crippen LogP contribution in [0, 0.1) is 0 Å². The Morgan fingerprint density at radius 1 is 1.28 bits per heavy atom. The molecule has 1 aromatic rings. The number of nitrogens with one attached hydrogen (secondary N) is 1. The second-order valence-electron chi connectivity index (χ2n) is 4.19. The van der Waals surface area contributed by atoms with E-state index in [2.05, 4.69) is 20.4 Å². The van der Waals surface area contributed by atoms with E-state index in [1.165, 1.54) is 21.9 Å². The third-order valence-corrected chi connectivity index (χ3v) is 5.07. The van der Waals surface area contributed by atoms with Gasteiger partial charge in [-0.3, -0.25) is 4.90 Å². The summed E-state index contributed by atoms with van der Waals surface area (Å²) in [7, 11) is -1.24. The molecule has 7 nitrogen and oxygen atoms in total. The molecular formula is C9H17N5O2S2. The summed E-state index contributed by atoms with van der Waals surface area (Å²) in [6, 6.07) is 0. The summed E-state index contributed by atoms with van der Waals surface area (Å²) in [6.07, 6.45) is 1.26. The van der Waals surface area contributed by atoms with Gasteiger partial charge in [0.15, 0.2) is 0 Å². The number of sulfonamides is 1. The van der Waals surface area contributed by atoms with Crippen LogP contribution in [-0.2, 0) is 16.6 Å². The lowest BCUT2D eigenvalue weighted by Crippen LogP contribution is -2.47. The first-order valence-corrected chi connectivity index (χ1v) is 8.33. The van der Waals surface area contributed by atoms with E-state index in [9.17, 15) is 8.42 Å². The lowest BCUT2D eigenvalue weighted by Gasteiger charge is -2.32. The fourth-order valence-electron chi connectivity index (χ4n) is 1.83. The van der Waals surface area contributed by atoms with Gasteiger partial charge in [0.2, 0.25) is 15.2 Å². The van der Waals surface area contributed by atoms with Crippen molar-refractivity contribution in [1.29, 1.82) is 0 Å². The molecule has 1 aliphatic rings. The normalized spacial score (nSPS) is 19.0. The van der Waals surface area contributed by atoms with E-state index in [0.29, 0.717) is 13.1 Å². The molecule has 1 saturated heterocycles. The maximum absolute atomic E-state index is 11.4. The molecule has 0 aromatic carbocycles. The van der Waals surface area contributed by atoms with Crippen molar-refractivity contribution >= 4 is 26.5 Å². The van der Waals surface area contributed by atoms with Crippen LogP contribution in [0.15, 0.2) is 0 Å². The second-order valence-corrected chi connectivity index (χ2v) is 7.23. The SMILES string of the molecule is CNc1nnc(CN2CCN(S(C)(=O)=O)CC2)s1. The fraction of sp³-hybridized carbons (Fsp3) is 0.778. The Hall–Kier alpha value is -0.770. The summed E-state index contributed by atoms with van der Waals surface area (Å²) in [5.41, 5.74) is 0. The largest absolute Gasteiger partial charge is 0.363 e. The molecule has 0 spiro atoms. The van der Waals surface area contributed by atoms with E-state index in [-0.39, 0.29) is 0 Å². The highest BCUT2D eigenvalue weighted by atomic mass is 32.2. The molecule has 1 aromatic heterocycles. The van der Waals surface area contributed by atoms with Crippen LogP contribution in [-0.4, -0.2) is 67.3 Å². The summed E-state index contributed by atoms with van der Waals surface area (Å²) >= 11 is 1.53. The Morgan fingerprint density at radius 3 is 2.44 bits per heavy atom. The molecule has 0 unspecified atom stereocenters. The molecule has 9 heteroatoms. The van der Waals surface area contributed by atoms with E-state index in [1.807, 2.05) is 7.05 Å². The molecule has 0 atom stereocenters. The van der Waals surface area contributed by atoms with Crippen LogP contribution >= 0.6 is 11.3 Å².